The first-order chi connectivity index (χ1) is 11.7. The molecule has 0 saturated carbocycles. The fourth-order valence-electron chi connectivity index (χ4n) is 1.81. The minimum absolute atomic E-state index is 0.129. The number of hydrogen-bond donors (Lipinski definition) is 2. The zero-order valence-electron chi connectivity index (χ0n) is 14.8. The lowest BCUT2D eigenvalue weighted by molar-refractivity contribution is -0.0828. The van der Waals surface area contributed by atoms with Crippen molar-refractivity contribution in [1.82, 2.24) is 9.55 Å². The first-order valence-corrected chi connectivity index (χ1v) is 9.32. The molecule has 0 amide bonds. The molecule has 0 spiro atoms. The number of H-pyrrole nitrogens is 1. The van der Waals surface area contributed by atoms with Gasteiger partial charge in [-0.3, -0.25) is 27.9 Å². The molecule has 0 aliphatic heterocycles. The monoisotopic (exact) mass is 380 g/mol. The number of phosphoric ester groups is 1. The Morgan fingerprint density at radius 3 is 2.36 bits per heavy atom. The van der Waals surface area contributed by atoms with E-state index >= 15 is 0 Å². The van der Waals surface area contributed by atoms with Gasteiger partial charge in [-0.1, -0.05) is 0 Å². The number of phosphoric acid groups is 1. The Balaban J connectivity index is 2.75. The third-order valence-electron chi connectivity index (χ3n) is 3.13. The van der Waals surface area contributed by atoms with Crippen LogP contribution in [0.1, 0.15) is 26.3 Å². The molecule has 0 aliphatic rings. The summed E-state index contributed by atoms with van der Waals surface area (Å²) in [7, 11) is -3.74. The van der Waals surface area contributed by atoms with Crippen LogP contribution in [0.15, 0.2) is 15.8 Å². The SMILES string of the molecule is CCOP(=O)(OCC)OCC(OCn1cc(C)c(=O)[nH]c1=O)C(C)O. The van der Waals surface area contributed by atoms with Gasteiger partial charge in [-0.25, -0.2) is 9.36 Å². The van der Waals surface area contributed by atoms with Gasteiger partial charge in [0.15, 0.2) is 0 Å². The highest BCUT2D eigenvalue weighted by molar-refractivity contribution is 7.48. The molecule has 0 aromatic carbocycles. The summed E-state index contributed by atoms with van der Waals surface area (Å²) in [6.45, 7) is 6.04. The summed E-state index contributed by atoms with van der Waals surface area (Å²) in [6.07, 6.45) is -0.531. The van der Waals surface area contributed by atoms with Crippen LogP contribution in [0.5, 0.6) is 0 Å². The van der Waals surface area contributed by atoms with Gasteiger partial charge in [0.2, 0.25) is 0 Å². The molecule has 2 unspecified atom stereocenters. The van der Waals surface area contributed by atoms with Crippen LogP contribution in [0.2, 0.25) is 0 Å². The molecule has 1 aromatic rings. The van der Waals surface area contributed by atoms with Crippen LogP contribution in [0.3, 0.4) is 0 Å². The van der Waals surface area contributed by atoms with Gasteiger partial charge < -0.3 is 9.84 Å². The highest BCUT2D eigenvalue weighted by atomic mass is 31.2. The number of aromatic amines is 1. The molecule has 0 bridgehead atoms. The molecule has 2 N–H and O–H groups in total. The van der Waals surface area contributed by atoms with E-state index < -0.39 is 31.3 Å². The molecule has 1 rings (SSSR count). The number of hydrogen-bond acceptors (Lipinski definition) is 8. The van der Waals surface area contributed by atoms with Gasteiger partial charge in [-0.15, -0.1) is 0 Å². The lowest BCUT2D eigenvalue weighted by atomic mass is 10.2. The average molecular weight is 380 g/mol. The van der Waals surface area contributed by atoms with E-state index in [0.29, 0.717) is 5.56 Å². The van der Waals surface area contributed by atoms with E-state index in [1.165, 1.54) is 13.1 Å². The first kappa shape index (κ1) is 21.8. The van der Waals surface area contributed by atoms with Crippen molar-refractivity contribution in [2.75, 3.05) is 19.8 Å². The Hall–Kier alpha value is -1.29. The third kappa shape index (κ3) is 6.85. The molecule has 1 aromatic heterocycles. The predicted molar refractivity (Wildman–Crippen MR) is 89.4 cm³/mol. The van der Waals surface area contributed by atoms with Gasteiger partial charge in [0.1, 0.15) is 12.8 Å². The highest BCUT2D eigenvalue weighted by Gasteiger charge is 2.28. The summed E-state index contributed by atoms with van der Waals surface area (Å²) in [6, 6.07) is 0. The third-order valence-corrected chi connectivity index (χ3v) is 4.74. The van der Waals surface area contributed by atoms with Crippen molar-refractivity contribution in [1.29, 1.82) is 0 Å². The summed E-state index contributed by atoms with van der Waals surface area (Å²) < 4.78 is 34.0. The van der Waals surface area contributed by atoms with Crippen molar-refractivity contribution >= 4 is 7.82 Å². The molecule has 144 valence electrons. The maximum atomic E-state index is 12.3. The standard InChI is InChI=1S/C14H25N2O8P/c1-5-22-25(20,23-6-2)24-8-12(11(4)17)21-9-16-7-10(3)13(18)15-14(16)19/h7,11-12,17H,5-6,8-9H2,1-4H3,(H,15,18,19). The molecule has 10 nitrogen and oxygen atoms in total. The van der Waals surface area contributed by atoms with Gasteiger partial charge in [-0.05, 0) is 27.7 Å². The van der Waals surface area contributed by atoms with Crippen molar-refractivity contribution in [2.24, 2.45) is 0 Å². The van der Waals surface area contributed by atoms with Crippen LogP contribution >= 0.6 is 7.82 Å². The van der Waals surface area contributed by atoms with Crippen molar-refractivity contribution in [3.8, 4) is 0 Å². The lowest BCUT2D eigenvalue weighted by Crippen LogP contribution is -2.36. The second kappa shape index (κ2) is 10.0. The summed E-state index contributed by atoms with van der Waals surface area (Å²) in [5, 5.41) is 9.79. The molecule has 2 atom stereocenters. The van der Waals surface area contributed by atoms with Gasteiger partial charge in [0, 0.05) is 11.8 Å². The Morgan fingerprint density at radius 1 is 1.24 bits per heavy atom. The lowest BCUT2D eigenvalue weighted by Gasteiger charge is -2.23. The molecule has 0 radical (unpaired) electrons. The number of aromatic nitrogens is 2. The van der Waals surface area contributed by atoms with Crippen LogP contribution in [0.25, 0.3) is 0 Å². The zero-order chi connectivity index (χ0) is 19.0. The average Bonchev–Trinajstić information content (AvgIpc) is 2.52. The predicted octanol–water partition coefficient (Wildman–Crippen LogP) is 0.766. The van der Waals surface area contributed by atoms with Crippen molar-refractivity contribution in [2.45, 2.75) is 46.6 Å². The topological polar surface area (TPSA) is 129 Å². The van der Waals surface area contributed by atoms with Gasteiger partial charge in [0.05, 0.1) is 25.9 Å². The van der Waals surface area contributed by atoms with Crippen LogP contribution in [0, 0.1) is 6.92 Å². The van der Waals surface area contributed by atoms with Crippen molar-refractivity contribution < 1.29 is 28.0 Å². The van der Waals surface area contributed by atoms with Gasteiger partial charge in [-0.2, -0.15) is 0 Å². The minimum atomic E-state index is -3.74. The van der Waals surface area contributed by atoms with E-state index in [0.717, 1.165) is 4.57 Å². The smallest absolute Gasteiger partial charge is 0.391 e. The fourth-order valence-corrected chi connectivity index (χ4v) is 3.00. The molecule has 0 aliphatic carbocycles. The van der Waals surface area contributed by atoms with Crippen LogP contribution in [-0.4, -0.2) is 46.7 Å². The Labute approximate surface area is 145 Å². The molecule has 11 heteroatoms. The number of aryl methyl sites for hydroxylation is 1. The molecule has 1 heterocycles. The summed E-state index contributed by atoms with van der Waals surface area (Å²) in [4.78, 5) is 25.2. The van der Waals surface area contributed by atoms with Crippen molar-refractivity contribution in [3.05, 3.63) is 32.6 Å². The van der Waals surface area contributed by atoms with Crippen LogP contribution < -0.4 is 11.2 Å². The minimum Gasteiger partial charge on any atom is -0.391 e. The van der Waals surface area contributed by atoms with E-state index in [1.807, 2.05) is 0 Å². The van der Waals surface area contributed by atoms with E-state index in [9.17, 15) is 19.3 Å². The summed E-state index contributed by atoms with van der Waals surface area (Å²) in [5.41, 5.74) is -0.786. The second-order valence-corrected chi connectivity index (χ2v) is 6.86. The summed E-state index contributed by atoms with van der Waals surface area (Å²) in [5.74, 6) is 0. The van der Waals surface area contributed by atoms with E-state index in [4.69, 9.17) is 18.3 Å². The number of aliphatic hydroxyl groups excluding tert-OH is 1. The Kier molecular flexibility index (Phi) is 8.70. The Bertz CT molecular complexity index is 689. The fraction of sp³-hybridized carbons (Fsp3) is 0.714. The quantitative estimate of drug-likeness (QED) is 0.539. The van der Waals surface area contributed by atoms with Gasteiger partial charge >= 0.3 is 13.5 Å². The maximum Gasteiger partial charge on any atom is 0.474 e. The summed E-state index contributed by atoms with van der Waals surface area (Å²) >= 11 is 0. The van der Waals surface area contributed by atoms with Crippen LogP contribution in [-0.2, 0) is 29.6 Å². The number of rotatable bonds is 11. The van der Waals surface area contributed by atoms with E-state index in [-0.39, 0.29) is 26.6 Å². The molecular weight excluding hydrogens is 355 g/mol. The maximum absolute atomic E-state index is 12.3. The number of ether oxygens (including phenoxy) is 1. The zero-order valence-corrected chi connectivity index (χ0v) is 15.7. The van der Waals surface area contributed by atoms with E-state index in [2.05, 4.69) is 4.98 Å². The molecule has 0 fully saturated rings. The van der Waals surface area contributed by atoms with Gasteiger partial charge in [0.25, 0.3) is 5.56 Å². The number of nitrogens with zero attached hydrogens (tertiary/aromatic N) is 1. The van der Waals surface area contributed by atoms with Crippen LogP contribution in [0.4, 0.5) is 0 Å². The Morgan fingerprint density at radius 2 is 1.84 bits per heavy atom. The second-order valence-electron chi connectivity index (χ2n) is 5.19. The first-order valence-electron chi connectivity index (χ1n) is 7.86. The molecule has 25 heavy (non-hydrogen) atoms. The molecular formula is C14H25N2O8P. The normalized spacial score (nSPS) is 14.4. The number of nitrogens with one attached hydrogen (secondary N) is 1. The highest BCUT2D eigenvalue weighted by Crippen LogP contribution is 2.49. The largest absolute Gasteiger partial charge is 0.474 e. The van der Waals surface area contributed by atoms with Crippen molar-refractivity contribution in [3.63, 3.8) is 0 Å². The van der Waals surface area contributed by atoms with E-state index in [1.54, 1.807) is 20.8 Å². The molecule has 0 saturated heterocycles. The number of aliphatic hydroxyl groups is 1.